The molecule has 0 aliphatic carbocycles. The summed E-state index contributed by atoms with van der Waals surface area (Å²) in [5.74, 6) is 0.646. The Morgan fingerprint density at radius 1 is 1.47 bits per heavy atom. The number of anilines is 1. The summed E-state index contributed by atoms with van der Waals surface area (Å²) in [5.41, 5.74) is 7.87. The molecule has 2 N–H and O–H groups in total. The molecule has 0 aliphatic rings. The first-order chi connectivity index (χ1) is 7.91. The van der Waals surface area contributed by atoms with E-state index in [1.807, 2.05) is 20.8 Å². The van der Waals surface area contributed by atoms with Crippen LogP contribution >= 0.6 is 0 Å². The van der Waals surface area contributed by atoms with Crippen molar-refractivity contribution in [3.05, 3.63) is 35.9 Å². The molecule has 1 aromatic carbocycles. The molecule has 0 amide bonds. The minimum atomic E-state index is -0.0309. The summed E-state index contributed by atoms with van der Waals surface area (Å²) < 4.78 is 5.46. The van der Waals surface area contributed by atoms with Crippen LogP contribution in [-0.4, -0.2) is 12.4 Å². The zero-order valence-electron chi connectivity index (χ0n) is 10.6. The number of carbonyl (C=O) groups is 1. The summed E-state index contributed by atoms with van der Waals surface area (Å²) in [6.45, 7) is 9.79. The van der Waals surface area contributed by atoms with Crippen molar-refractivity contribution >= 4 is 11.5 Å². The normalized spacial score (nSPS) is 10.4. The number of carbonyl (C=O) groups excluding carboxylic acids is 1. The molecule has 0 bridgehead atoms. The predicted octanol–water partition coefficient (Wildman–Crippen LogP) is 3.06. The van der Waals surface area contributed by atoms with Gasteiger partial charge in [-0.1, -0.05) is 20.4 Å². The van der Waals surface area contributed by atoms with E-state index in [2.05, 4.69) is 6.58 Å². The quantitative estimate of drug-likeness (QED) is 0.483. The van der Waals surface area contributed by atoms with Gasteiger partial charge in [0.2, 0.25) is 0 Å². The molecule has 0 fully saturated rings. The van der Waals surface area contributed by atoms with Gasteiger partial charge in [-0.25, -0.2) is 0 Å². The van der Waals surface area contributed by atoms with Gasteiger partial charge in [0, 0.05) is 11.5 Å². The van der Waals surface area contributed by atoms with Crippen LogP contribution in [0.15, 0.2) is 30.4 Å². The van der Waals surface area contributed by atoms with Crippen LogP contribution in [0.25, 0.3) is 0 Å². The van der Waals surface area contributed by atoms with Gasteiger partial charge in [0.05, 0.1) is 5.69 Å². The van der Waals surface area contributed by atoms with Crippen molar-refractivity contribution in [1.29, 1.82) is 0 Å². The topological polar surface area (TPSA) is 52.3 Å². The molecule has 1 aromatic rings. The maximum absolute atomic E-state index is 11.8. The lowest BCUT2D eigenvalue weighted by atomic mass is 10.0. The average molecular weight is 233 g/mol. The molecule has 17 heavy (non-hydrogen) atoms. The molecule has 0 heterocycles. The summed E-state index contributed by atoms with van der Waals surface area (Å²) in [7, 11) is 0. The summed E-state index contributed by atoms with van der Waals surface area (Å²) in [6.07, 6.45) is 0. The Morgan fingerprint density at radius 3 is 2.59 bits per heavy atom. The summed E-state index contributed by atoms with van der Waals surface area (Å²) in [6, 6.07) is 5.14. The van der Waals surface area contributed by atoms with E-state index in [1.54, 1.807) is 18.2 Å². The molecular formula is C14H19NO2. The fourth-order valence-corrected chi connectivity index (χ4v) is 1.37. The van der Waals surface area contributed by atoms with Gasteiger partial charge in [0.25, 0.3) is 0 Å². The smallest absolute Gasteiger partial charge is 0.165 e. The minimum Gasteiger partial charge on any atom is -0.487 e. The summed E-state index contributed by atoms with van der Waals surface area (Å²) >= 11 is 0. The Labute approximate surface area is 102 Å². The van der Waals surface area contributed by atoms with Crippen molar-refractivity contribution in [3.8, 4) is 5.75 Å². The molecule has 0 radical (unpaired) electrons. The van der Waals surface area contributed by atoms with Crippen molar-refractivity contribution in [2.45, 2.75) is 20.8 Å². The Kier molecular flexibility index (Phi) is 4.32. The van der Waals surface area contributed by atoms with Crippen molar-refractivity contribution in [3.63, 3.8) is 0 Å². The average Bonchev–Trinajstić information content (AvgIpc) is 2.26. The van der Waals surface area contributed by atoms with Gasteiger partial charge in [-0.05, 0) is 30.7 Å². The number of hydrogen-bond acceptors (Lipinski definition) is 3. The Bertz CT molecular complexity index is 436. The Balaban J connectivity index is 2.86. The number of ketones is 1. The summed E-state index contributed by atoms with van der Waals surface area (Å²) in [5, 5.41) is 0. The zero-order valence-corrected chi connectivity index (χ0v) is 10.6. The van der Waals surface area contributed by atoms with E-state index in [-0.39, 0.29) is 11.7 Å². The van der Waals surface area contributed by atoms with Crippen molar-refractivity contribution in [1.82, 2.24) is 0 Å². The molecule has 3 nitrogen and oxygen atoms in total. The molecule has 0 spiro atoms. The Morgan fingerprint density at radius 2 is 2.12 bits per heavy atom. The molecule has 1 rings (SSSR count). The highest BCUT2D eigenvalue weighted by Gasteiger charge is 2.12. The van der Waals surface area contributed by atoms with Gasteiger partial charge in [-0.3, -0.25) is 4.79 Å². The standard InChI is InChI=1S/C14H19NO2/c1-9(2)8-17-13-6-5-11(7-12(13)15)14(16)10(3)4/h5-7,10H,1,8,15H2,2-4H3. The van der Waals surface area contributed by atoms with Crippen LogP contribution in [0.4, 0.5) is 5.69 Å². The predicted molar refractivity (Wildman–Crippen MR) is 70.3 cm³/mol. The van der Waals surface area contributed by atoms with Crippen LogP contribution < -0.4 is 10.5 Å². The second kappa shape index (κ2) is 5.53. The first kappa shape index (κ1) is 13.3. The lowest BCUT2D eigenvalue weighted by molar-refractivity contribution is 0.0939. The highest BCUT2D eigenvalue weighted by molar-refractivity contribution is 5.98. The van der Waals surface area contributed by atoms with E-state index in [9.17, 15) is 4.79 Å². The molecule has 0 saturated carbocycles. The van der Waals surface area contributed by atoms with Crippen LogP contribution in [0.1, 0.15) is 31.1 Å². The third kappa shape index (κ3) is 3.63. The second-order valence-corrected chi connectivity index (χ2v) is 4.52. The fourth-order valence-electron chi connectivity index (χ4n) is 1.37. The van der Waals surface area contributed by atoms with Crippen LogP contribution in [-0.2, 0) is 0 Å². The van der Waals surface area contributed by atoms with E-state index in [0.717, 1.165) is 5.57 Å². The number of hydrogen-bond donors (Lipinski definition) is 1. The SMILES string of the molecule is C=C(C)COc1ccc(C(=O)C(C)C)cc1N. The summed E-state index contributed by atoms with van der Waals surface area (Å²) in [4.78, 5) is 11.8. The largest absolute Gasteiger partial charge is 0.487 e. The van der Waals surface area contributed by atoms with E-state index in [1.165, 1.54) is 0 Å². The monoisotopic (exact) mass is 233 g/mol. The van der Waals surface area contributed by atoms with E-state index in [4.69, 9.17) is 10.5 Å². The lowest BCUT2D eigenvalue weighted by Gasteiger charge is -2.10. The third-order valence-corrected chi connectivity index (χ3v) is 2.29. The number of rotatable bonds is 5. The van der Waals surface area contributed by atoms with Crippen LogP contribution in [0.2, 0.25) is 0 Å². The molecule has 0 saturated heterocycles. The number of benzene rings is 1. The van der Waals surface area contributed by atoms with Crippen molar-refractivity contribution < 1.29 is 9.53 Å². The molecule has 92 valence electrons. The third-order valence-electron chi connectivity index (χ3n) is 2.29. The fraction of sp³-hybridized carbons (Fsp3) is 0.357. The maximum atomic E-state index is 11.8. The Hall–Kier alpha value is -1.77. The van der Waals surface area contributed by atoms with E-state index < -0.39 is 0 Å². The highest BCUT2D eigenvalue weighted by atomic mass is 16.5. The number of nitrogens with two attached hydrogens (primary N) is 1. The van der Waals surface area contributed by atoms with Crippen molar-refractivity contribution in [2.75, 3.05) is 12.3 Å². The molecule has 0 unspecified atom stereocenters. The minimum absolute atomic E-state index is 0.0309. The molecule has 0 aromatic heterocycles. The number of ether oxygens (including phenoxy) is 1. The van der Waals surface area contributed by atoms with Gasteiger partial charge in [-0.15, -0.1) is 0 Å². The van der Waals surface area contributed by atoms with Gasteiger partial charge in [0.1, 0.15) is 12.4 Å². The maximum Gasteiger partial charge on any atom is 0.165 e. The van der Waals surface area contributed by atoms with Crippen molar-refractivity contribution in [2.24, 2.45) is 5.92 Å². The van der Waals surface area contributed by atoms with Crippen LogP contribution in [0, 0.1) is 5.92 Å². The van der Waals surface area contributed by atoms with Gasteiger partial charge in [0.15, 0.2) is 5.78 Å². The van der Waals surface area contributed by atoms with E-state index >= 15 is 0 Å². The second-order valence-electron chi connectivity index (χ2n) is 4.52. The zero-order chi connectivity index (χ0) is 13.0. The molecule has 3 heteroatoms. The highest BCUT2D eigenvalue weighted by Crippen LogP contribution is 2.24. The van der Waals surface area contributed by atoms with E-state index in [0.29, 0.717) is 23.6 Å². The first-order valence-electron chi connectivity index (χ1n) is 5.62. The number of Topliss-reactive ketones (excluding diaryl/α,β-unsaturated/α-hetero) is 1. The molecule has 0 aliphatic heterocycles. The van der Waals surface area contributed by atoms with Crippen LogP contribution in [0.5, 0.6) is 5.75 Å². The first-order valence-corrected chi connectivity index (χ1v) is 5.62. The molecule has 0 atom stereocenters. The molecular weight excluding hydrogens is 214 g/mol. The van der Waals surface area contributed by atoms with Gasteiger partial charge in [-0.2, -0.15) is 0 Å². The van der Waals surface area contributed by atoms with Gasteiger partial charge >= 0.3 is 0 Å². The van der Waals surface area contributed by atoms with Gasteiger partial charge < -0.3 is 10.5 Å². The van der Waals surface area contributed by atoms with Crippen LogP contribution in [0.3, 0.4) is 0 Å². The number of nitrogen functional groups attached to an aromatic ring is 1. The lowest BCUT2D eigenvalue weighted by Crippen LogP contribution is -2.08.